The summed E-state index contributed by atoms with van der Waals surface area (Å²) in [6.07, 6.45) is 2.80. The molecular weight excluding hydrogens is 160 g/mol. The molecule has 0 amide bonds. The molecule has 2 rings (SSSR count). The van der Waals surface area contributed by atoms with Crippen molar-refractivity contribution in [3.05, 3.63) is 16.1 Å². The van der Waals surface area contributed by atoms with Crippen molar-refractivity contribution < 1.29 is 4.84 Å². The number of rotatable bonds is 1. The molecule has 1 aromatic rings. The Hall–Kier alpha value is -0.900. The Morgan fingerprint density at radius 2 is 2.64 bits per heavy atom. The van der Waals surface area contributed by atoms with Gasteiger partial charge in [0.1, 0.15) is 0 Å². The molecule has 0 N–H and O–H groups in total. The first-order valence-electron chi connectivity index (χ1n) is 3.45. The third-order valence-electron chi connectivity index (χ3n) is 1.66. The summed E-state index contributed by atoms with van der Waals surface area (Å²) < 4.78 is 0. The van der Waals surface area contributed by atoms with Crippen LogP contribution in [0.4, 0.5) is 0 Å². The van der Waals surface area contributed by atoms with Crippen molar-refractivity contribution in [2.75, 3.05) is 0 Å². The van der Waals surface area contributed by atoms with Crippen LogP contribution in [-0.2, 0) is 4.84 Å². The summed E-state index contributed by atoms with van der Waals surface area (Å²) in [6.45, 7) is 1.99. The molecule has 3 nitrogen and oxygen atoms in total. The Bertz CT molecular complexity index is 274. The van der Waals surface area contributed by atoms with E-state index in [2.05, 4.69) is 10.1 Å². The molecule has 0 aromatic carbocycles. The zero-order valence-electron chi connectivity index (χ0n) is 6.15. The van der Waals surface area contributed by atoms with Crippen LogP contribution in [-0.4, -0.2) is 11.2 Å². The molecule has 1 atom stereocenters. The lowest BCUT2D eigenvalue weighted by molar-refractivity contribution is 0.0878. The number of aryl methyl sites for hydroxylation is 1. The van der Waals surface area contributed by atoms with E-state index >= 15 is 0 Å². The van der Waals surface area contributed by atoms with E-state index in [1.54, 1.807) is 17.6 Å². The molecule has 0 saturated heterocycles. The summed E-state index contributed by atoms with van der Waals surface area (Å²) in [6, 6.07) is 0. The molecule has 0 aliphatic carbocycles. The normalized spacial score (nSPS) is 22.1. The van der Waals surface area contributed by atoms with Gasteiger partial charge in [0, 0.05) is 12.6 Å². The zero-order valence-corrected chi connectivity index (χ0v) is 6.97. The van der Waals surface area contributed by atoms with Gasteiger partial charge in [0.2, 0.25) is 0 Å². The fourth-order valence-corrected chi connectivity index (χ4v) is 1.91. The standard InChI is InChI=1S/C7H8N2OS/c1-5-7(11-4-8-5)6-2-3-9-10-6/h3-4,6H,2H2,1H3. The zero-order chi connectivity index (χ0) is 7.68. The van der Waals surface area contributed by atoms with Gasteiger partial charge in [-0.15, -0.1) is 11.3 Å². The minimum Gasteiger partial charge on any atom is -0.387 e. The van der Waals surface area contributed by atoms with Crippen molar-refractivity contribution >= 4 is 17.6 Å². The molecule has 0 bridgehead atoms. The molecule has 0 spiro atoms. The Labute approximate surface area is 68.7 Å². The van der Waals surface area contributed by atoms with Gasteiger partial charge in [-0.25, -0.2) is 4.98 Å². The van der Waals surface area contributed by atoms with Gasteiger partial charge in [-0.05, 0) is 6.92 Å². The molecule has 1 aliphatic rings. The largest absolute Gasteiger partial charge is 0.387 e. The van der Waals surface area contributed by atoms with Crippen LogP contribution in [0.2, 0.25) is 0 Å². The third kappa shape index (κ3) is 1.14. The van der Waals surface area contributed by atoms with Gasteiger partial charge in [-0.1, -0.05) is 5.16 Å². The van der Waals surface area contributed by atoms with Gasteiger partial charge < -0.3 is 4.84 Å². The summed E-state index contributed by atoms with van der Waals surface area (Å²) in [5.74, 6) is 0. The van der Waals surface area contributed by atoms with Crippen LogP contribution in [0.1, 0.15) is 23.1 Å². The van der Waals surface area contributed by atoms with Gasteiger partial charge in [-0.2, -0.15) is 0 Å². The quantitative estimate of drug-likeness (QED) is 0.641. The minimum atomic E-state index is 0.127. The highest BCUT2D eigenvalue weighted by atomic mass is 32.1. The van der Waals surface area contributed by atoms with Gasteiger partial charge >= 0.3 is 0 Å². The molecule has 0 fully saturated rings. The SMILES string of the molecule is Cc1ncsc1C1CC=NO1. The monoisotopic (exact) mass is 168 g/mol. The summed E-state index contributed by atoms with van der Waals surface area (Å²) >= 11 is 1.63. The van der Waals surface area contributed by atoms with E-state index in [-0.39, 0.29) is 6.10 Å². The second-order valence-corrected chi connectivity index (χ2v) is 3.31. The van der Waals surface area contributed by atoms with Crippen LogP contribution < -0.4 is 0 Å². The lowest BCUT2D eigenvalue weighted by Gasteiger charge is -2.04. The molecule has 1 unspecified atom stereocenters. The first-order chi connectivity index (χ1) is 5.38. The topological polar surface area (TPSA) is 34.5 Å². The Morgan fingerprint density at radius 1 is 1.73 bits per heavy atom. The van der Waals surface area contributed by atoms with E-state index in [0.717, 1.165) is 12.1 Å². The fraction of sp³-hybridized carbons (Fsp3) is 0.429. The first-order valence-corrected chi connectivity index (χ1v) is 4.33. The van der Waals surface area contributed by atoms with Crippen molar-refractivity contribution in [3.8, 4) is 0 Å². The molecule has 0 radical (unpaired) electrons. The number of thiazole rings is 1. The third-order valence-corrected chi connectivity index (χ3v) is 2.68. The summed E-state index contributed by atoms with van der Waals surface area (Å²) in [5.41, 5.74) is 2.90. The van der Waals surface area contributed by atoms with Crippen LogP contribution in [0.5, 0.6) is 0 Å². The van der Waals surface area contributed by atoms with Crippen LogP contribution in [0, 0.1) is 6.92 Å². The van der Waals surface area contributed by atoms with Crippen LogP contribution in [0.3, 0.4) is 0 Å². The Kier molecular flexibility index (Phi) is 1.62. The predicted molar refractivity (Wildman–Crippen MR) is 43.8 cm³/mol. The van der Waals surface area contributed by atoms with Crippen LogP contribution in [0.15, 0.2) is 10.7 Å². The van der Waals surface area contributed by atoms with Crippen molar-refractivity contribution in [2.45, 2.75) is 19.4 Å². The maximum Gasteiger partial charge on any atom is 0.168 e. The number of aromatic nitrogens is 1. The van der Waals surface area contributed by atoms with E-state index in [4.69, 9.17) is 4.84 Å². The fourth-order valence-electron chi connectivity index (χ4n) is 1.07. The highest BCUT2D eigenvalue weighted by Crippen LogP contribution is 2.29. The maximum atomic E-state index is 5.12. The van der Waals surface area contributed by atoms with E-state index in [1.165, 1.54) is 4.88 Å². The number of hydrogen-bond donors (Lipinski definition) is 0. The average Bonchev–Trinajstić information content (AvgIpc) is 2.55. The predicted octanol–water partition coefficient (Wildman–Crippen LogP) is 1.90. The maximum absolute atomic E-state index is 5.12. The smallest absolute Gasteiger partial charge is 0.168 e. The van der Waals surface area contributed by atoms with E-state index < -0.39 is 0 Å². The summed E-state index contributed by atoms with van der Waals surface area (Å²) in [4.78, 5) is 10.5. The average molecular weight is 168 g/mol. The molecule has 2 heterocycles. The van der Waals surface area contributed by atoms with E-state index in [9.17, 15) is 0 Å². The molecule has 1 aromatic heterocycles. The highest BCUT2D eigenvalue weighted by molar-refractivity contribution is 7.09. The second kappa shape index (κ2) is 2.62. The number of nitrogens with zero attached hydrogens (tertiary/aromatic N) is 2. The van der Waals surface area contributed by atoms with Crippen molar-refractivity contribution in [1.29, 1.82) is 0 Å². The summed E-state index contributed by atoms with van der Waals surface area (Å²) in [7, 11) is 0. The molecule has 0 saturated carbocycles. The van der Waals surface area contributed by atoms with Crippen molar-refractivity contribution in [2.24, 2.45) is 5.16 Å². The van der Waals surface area contributed by atoms with Crippen molar-refractivity contribution in [1.82, 2.24) is 4.98 Å². The van der Waals surface area contributed by atoms with Gasteiger partial charge in [-0.3, -0.25) is 0 Å². The van der Waals surface area contributed by atoms with Gasteiger partial charge in [0.15, 0.2) is 6.10 Å². The molecular formula is C7H8N2OS. The van der Waals surface area contributed by atoms with Crippen LogP contribution in [0.25, 0.3) is 0 Å². The highest BCUT2D eigenvalue weighted by Gasteiger charge is 2.19. The van der Waals surface area contributed by atoms with E-state index in [0.29, 0.717) is 0 Å². The Balaban J connectivity index is 2.22. The number of oxime groups is 1. The first kappa shape index (κ1) is 6.79. The minimum absolute atomic E-state index is 0.127. The number of hydrogen-bond acceptors (Lipinski definition) is 4. The summed E-state index contributed by atoms with van der Waals surface area (Å²) in [5, 5.41) is 3.72. The molecule has 58 valence electrons. The van der Waals surface area contributed by atoms with Crippen molar-refractivity contribution in [3.63, 3.8) is 0 Å². The molecule has 4 heteroatoms. The van der Waals surface area contributed by atoms with Crippen LogP contribution >= 0.6 is 11.3 Å². The lowest BCUT2D eigenvalue weighted by atomic mass is 10.2. The molecule has 11 heavy (non-hydrogen) atoms. The van der Waals surface area contributed by atoms with Gasteiger partial charge in [0.25, 0.3) is 0 Å². The molecule has 1 aliphatic heterocycles. The lowest BCUT2D eigenvalue weighted by Crippen LogP contribution is -1.94. The van der Waals surface area contributed by atoms with Gasteiger partial charge in [0.05, 0.1) is 16.1 Å². The second-order valence-electron chi connectivity index (χ2n) is 2.42. The van der Waals surface area contributed by atoms with E-state index in [1.807, 2.05) is 12.4 Å². The Morgan fingerprint density at radius 3 is 3.18 bits per heavy atom.